The molecular formula is C14H16Cl2N2O2. The Labute approximate surface area is 128 Å². The number of benzene rings is 1. The van der Waals surface area contributed by atoms with Gasteiger partial charge in [-0.05, 0) is 32.9 Å². The zero-order valence-electron chi connectivity index (χ0n) is 11.5. The predicted molar refractivity (Wildman–Crippen MR) is 82.0 cm³/mol. The normalized spacial score (nSPS) is 10.4. The Morgan fingerprint density at radius 2 is 2.05 bits per heavy atom. The lowest BCUT2D eigenvalue weighted by molar-refractivity contribution is 0.0535. The summed E-state index contributed by atoms with van der Waals surface area (Å²) < 4.78 is 5.07. The number of anilines is 1. The topological polar surface area (TPSA) is 64.3 Å². The minimum atomic E-state index is -0.539. The molecule has 20 heavy (non-hydrogen) atoms. The van der Waals surface area contributed by atoms with Crippen LogP contribution in [-0.4, -0.2) is 18.2 Å². The Morgan fingerprint density at radius 1 is 1.40 bits per heavy atom. The van der Waals surface area contributed by atoms with Gasteiger partial charge in [-0.25, -0.2) is 4.79 Å². The summed E-state index contributed by atoms with van der Waals surface area (Å²) in [4.78, 5) is 11.4. The molecule has 0 unspecified atom stereocenters. The number of carbonyl (C=O) groups is 1. The molecule has 1 amide bonds. The van der Waals surface area contributed by atoms with Crippen LogP contribution in [0.1, 0.15) is 26.3 Å². The fraction of sp³-hybridized carbons (Fsp3) is 0.357. The number of hydrogen-bond donors (Lipinski definition) is 2. The summed E-state index contributed by atoms with van der Waals surface area (Å²) in [5.74, 6) is 5.55. The van der Waals surface area contributed by atoms with Gasteiger partial charge >= 0.3 is 6.09 Å². The molecule has 108 valence electrons. The highest BCUT2D eigenvalue weighted by atomic mass is 35.5. The Hall–Kier alpha value is -1.57. The van der Waals surface area contributed by atoms with E-state index in [-0.39, 0.29) is 6.54 Å². The molecule has 1 aromatic carbocycles. The molecule has 1 aromatic rings. The quantitative estimate of drug-likeness (QED) is 0.616. The van der Waals surface area contributed by atoms with Crippen molar-refractivity contribution >= 4 is 35.0 Å². The van der Waals surface area contributed by atoms with Gasteiger partial charge in [0.25, 0.3) is 0 Å². The van der Waals surface area contributed by atoms with E-state index < -0.39 is 11.7 Å². The minimum absolute atomic E-state index is 0.137. The van der Waals surface area contributed by atoms with Crippen LogP contribution in [0.3, 0.4) is 0 Å². The fourth-order valence-corrected chi connectivity index (χ4v) is 1.75. The van der Waals surface area contributed by atoms with E-state index in [1.807, 2.05) is 0 Å². The van der Waals surface area contributed by atoms with Gasteiger partial charge in [0.1, 0.15) is 5.60 Å². The molecule has 0 saturated heterocycles. The number of alkyl carbamates (subject to hydrolysis) is 1. The van der Waals surface area contributed by atoms with Crippen LogP contribution in [0.5, 0.6) is 0 Å². The van der Waals surface area contributed by atoms with E-state index in [1.165, 1.54) is 0 Å². The molecule has 0 bridgehead atoms. The van der Waals surface area contributed by atoms with Gasteiger partial charge in [0.2, 0.25) is 0 Å². The van der Waals surface area contributed by atoms with E-state index in [0.29, 0.717) is 21.3 Å². The Morgan fingerprint density at radius 3 is 2.65 bits per heavy atom. The molecule has 4 nitrogen and oxygen atoms in total. The third-order valence-electron chi connectivity index (χ3n) is 2.04. The molecule has 3 N–H and O–H groups in total. The molecular weight excluding hydrogens is 299 g/mol. The molecule has 6 heteroatoms. The third kappa shape index (κ3) is 5.60. The first-order chi connectivity index (χ1) is 9.19. The molecule has 0 aliphatic rings. The van der Waals surface area contributed by atoms with Gasteiger partial charge in [0.05, 0.1) is 22.8 Å². The van der Waals surface area contributed by atoms with Crippen molar-refractivity contribution in [1.29, 1.82) is 0 Å². The van der Waals surface area contributed by atoms with Crippen molar-refractivity contribution in [1.82, 2.24) is 5.32 Å². The standard InChI is InChI=1S/C14H16Cl2N2O2/c1-14(2,3)20-13(19)18-6-4-5-9-7-10(15)8-11(16)12(9)17/h7-8H,6,17H2,1-3H3,(H,18,19). The summed E-state index contributed by atoms with van der Waals surface area (Å²) in [5, 5.41) is 3.32. The van der Waals surface area contributed by atoms with Crippen LogP contribution < -0.4 is 11.1 Å². The molecule has 1 rings (SSSR count). The largest absolute Gasteiger partial charge is 0.444 e. The monoisotopic (exact) mass is 314 g/mol. The van der Waals surface area contributed by atoms with Gasteiger partial charge in [-0.3, -0.25) is 0 Å². The second kappa shape index (κ2) is 6.74. The van der Waals surface area contributed by atoms with Gasteiger partial charge in [0, 0.05) is 5.02 Å². The Balaban J connectivity index is 2.62. The highest BCUT2D eigenvalue weighted by Crippen LogP contribution is 2.26. The number of ether oxygens (including phenoxy) is 1. The fourth-order valence-electron chi connectivity index (χ4n) is 1.26. The molecule has 0 fully saturated rings. The highest BCUT2D eigenvalue weighted by molar-refractivity contribution is 6.36. The van der Waals surface area contributed by atoms with Crippen molar-refractivity contribution in [3.63, 3.8) is 0 Å². The maximum absolute atomic E-state index is 11.4. The Bertz CT molecular complexity index is 569. The molecule has 0 spiro atoms. The van der Waals surface area contributed by atoms with Crippen LogP contribution in [0.25, 0.3) is 0 Å². The summed E-state index contributed by atoms with van der Waals surface area (Å²) in [6.07, 6.45) is -0.524. The van der Waals surface area contributed by atoms with Crippen LogP contribution in [0.2, 0.25) is 10.0 Å². The van der Waals surface area contributed by atoms with Crippen LogP contribution in [0, 0.1) is 11.8 Å². The average Bonchev–Trinajstić information content (AvgIpc) is 2.28. The molecule has 0 aliphatic heterocycles. The zero-order chi connectivity index (χ0) is 15.3. The average molecular weight is 315 g/mol. The van der Waals surface area contributed by atoms with E-state index >= 15 is 0 Å². The lowest BCUT2D eigenvalue weighted by Gasteiger charge is -2.19. The van der Waals surface area contributed by atoms with E-state index in [1.54, 1.807) is 32.9 Å². The van der Waals surface area contributed by atoms with Crippen molar-refractivity contribution in [2.75, 3.05) is 12.3 Å². The first kappa shape index (κ1) is 16.5. The summed E-state index contributed by atoms with van der Waals surface area (Å²) in [7, 11) is 0. The molecule has 0 atom stereocenters. The molecule has 0 radical (unpaired) electrons. The van der Waals surface area contributed by atoms with Crippen molar-refractivity contribution in [3.05, 3.63) is 27.7 Å². The number of rotatable bonds is 1. The second-order valence-corrected chi connectivity index (χ2v) is 5.85. The number of nitrogens with two attached hydrogens (primary N) is 1. The van der Waals surface area contributed by atoms with E-state index in [4.69, 9.17) is 33.7 Å². The van der Waals surface area contributed by atoms with Crippen molar-refractivity contribution < 1.29 is 9.53 Å². The SMILES string of the molecule is CC(C)(C)OC(=O)NCC#Cc1cc(Cl)cc(Cl)c1N. The third-order valence-corrected chi connectivity index (χ3v) is 2.57. The number of hydrogen-bond acceptors (Lipinski definition) is 3. The molecule has 0 saturated carbocycles. The van der Waals surface area contributed by atoms with E-state index in [0.717, 1.165) is 0 Å². The van der Waals surface area contributed by atoms with Crippen molar-refractivity contribution in [2.45, 2.75) is 26.4 Å². The smallest absolute Gasteiger partial charge is 0.408 e. The van der Waals surface area contributed by atoms with Gasteiger partial charge < -0.3 is 15.8 Å². The number of nitrogen functional groups attached to an aromatic ring is 1. The number of carbonyl (C=O) groups excluding carboxylic acids is 1. The van der Waals surface area contributed by atoms with Gasteiger partial charge in [0.15, 0.2) is 0 Å². The molecule has 0 heterocycles. The lowest BCUT2D eigenvalue weighted by Crippen LogP contribution is -2.32. The summed E-state index contributed by atoms with van der Waals surface area (Å²) >= 11 is 11.7. The molecule has 0 aliphatic carbocycles. The van der Waals surface area contributed by atoms with Crippen molar-refractivity contribution in [3.8, 4) is 11.8 Å². The van der Waals surface area contributed by atoms with E-state index in [9.17, 15) is 4.79 Å². The van der Waals surface area contributed by atoms with Crippen molar-refractivity contribution in [2.24, 2.45) is 0 Å². The summed E-state index contributed by atoms with van der Waals surface area (Å²) in [6.45, 7) is 5.49. The number of halogens is 2. The number of amides is 1. The first-order valence-corrected chi connectivity index (χ1v) is 6.65. The van der Waals surface area contributed by atoms with Gasteiger partial charge in [-0.15, -0.1) is 0 Å². The molecule has 0 aromatic heterocycles. The maximum atomic E-state index is 11.4. The maximum Gasteiger partial charge on any atom is 0.408 e. The second-order valence-electron chi connectivity index (χ2n) is 5.01. The van der Waals surface area contributed by atoms with Crippen LogP contribution in [0.4, 0.5) is 10.5 Å². The van der Waals surface area contributed by atoms with Crippen LogP contribution in [0.15, 0.2) is 12.1 Å². The van der Waals surface area contributed by atoms with Gasteiger partial charge in [-0.2, -0.15) is 0 Å². The first-order valence-electron chi connectivity index (χ1n) is 5.89. The lowest BCUT2D eigenvalue weighted by atomic mass is 10.2. The van der Waals surface area contributed by atoms with Crippen LogP contribution >= 0.6 is 23.2 Å². The van der Waals surface area contributed by atoms with Crippen LogP contribution in [-0.2, 0) is 4.74 Å². The zero-order valence-corrected chi connectivity index (χ0v) is 13.0. The summed E-state index contributed by atoms with van der Waals surface area (Å²) in [5.41, 5.74) is 6.12. The van der Waals surface area contributed by atoms with Gasteiger partial charge in [-0.1, -0.05) is 35.0 Å². The highest BCUT2D eigenvalue weighted by Gasteiger charge is 2.15. The Kier molecular flexibility index (Phi) is 5.55. The summed E-state index contributed by atoms with van der Waals surface area (Å²) in [6, 6.07) is 3.16. The van der Waals surface area contributed by atoms with E-state index in [2.05, 4.69) is 17.2 Å². The number of nitrogens with one attached hydrogen (secondary N) is 1. The predicted octanol–water partition coefficient (Wildman–Crippen LogP) is 3.45. The minimum Gasteiger partial charge on any atom is -0.444 e.